The second kappa shape index (κ2) is 7.43. The van der Waals surface area contributed by atoms with E-state index in [-0.39, 0.29) is 17.8 Å². The average Bonchev–Trinajstić information content (AvgIpc) is 3.47. The van der Waals surface area contributed by atoms with Crippen molar-refractivity contribution in [2.75, 3.05) is 17.3 Å². The maximum Gasteiger partial charge on any atom is 0.326 e. The Labute approximate surface area is 151 Å². The van der Waals surface area contributed by atoms with Gasteiger partial charge in [0.25, 0.3) is 5.69 Å². The Morgan fingerprint density at radius 1 is 1.27 bits per heavy atom. The molecule has 3 rings (SSSR count). The molecule has 1 saturated carbocycles. The van der Waals surface area contributed by atoms with Gasteiger partial charge in [0.05, 0.1) is 17.7 Å². The highest BCUT2D eigenvalue weighted by atomic mass is 16.6. The van der Waals surface area contributed by atoms with E-state index in [1.54, 1.807) is 24.1 Å². The summed E-state index contributed by atoms with van der Waals surface area (Å²) in [6, 6.07) is 12.9. The van der Waals surface area contributed by atoms with Crippen LogP contribution in [-0.2, 0) is 0 Å². The molecule has 0 radical (unpaired) electrons. The number of hydrogen-bond donors (Lipinski definition) is 1. The molecule has 0 unspecified atom stereocenters. The number of nitro groups is 1. The van der Waals surface area contributed by atoms with E-state index in [1.807, 2.05) is 31.2 Å². The zero-order valence-corrected chi connectivity index (χ0v) is 14.7. The Bertz CT molecular complexity index is 820. The van der Waals surface area contributed by atoms with E-state index >= 15 is 0 Å². The highest BCUT2D eigenvalue weighted by Crippen LogP contribution is 2.39. The van der Waals surface area contributed by atoms with Crippen LogP contribution in [0.1, 0.15) is 19.8 Å². The molecule has 1 aliphatic rings. The number of amides is 2. The first-order valence-corrected chi connectivity index (χ1v) is 8.49. The first kappa shape index (κ1) is 17.7. The third-order valence-corrected chi connectivity index (χ3v) is 4.58. The van der Waals surface area contributed by atoms with E-state index in [1.165, 1.54) is 12.1 Å². The normalized spacial score (nSPS) is 14.4. The van der Waals surface area contributed by atoms with Gasteiger partial charge in [-0.1, -0.05) is 18.2 Å². The molecule has 0 spiro atoms. The van der Waals surface area contributed by atoms with Gasteiger partial charge < -0.3 is 10.1 Å². The quantitative estimate of drug-likeness (QED) is 0.613. The van der Waals surface area contributed by atoms with E-state index in [2.05, 4.69) is 5.32 Å². The molecular weight excluding hydrogens is 334 g/mol. The van der Waals surface area contributed by atoms with E-state index in [4.69, 9.17) is 4.74 Å². The lowest BCUT2D eigenvalue weighted by Crippen LogP contribution is -2.43. The lowest BCUT2D eigenvalue weighted by molar-refractivity contribution is -0.384. The van der Waals surface area contributed by atoms with Gasteiger partial charge in [0, 0.05) is 23.9 Å². The largest absolute Gasteiger partial charge is 0.495 e. The van der Waals surface area contributed by atoms with Gasteiger partial charge in [0.2, 0.25) is 0 Å². The van der Waals surface area contributed by atoms with Gasteiger partial charge in [-0.2, -0.15) is 0 Å². The lowest BCUT2D eigenvalue weighted by Gasteiger charge is -2.30. The maximum atomic E-state index is 13.0. The van der Waals surface area contributed by atoms with E-state index in [9.17, 15) is 14.9 Å². The number of anilines is 2. The fourth-order valence-electron chi connectivity index (χ4n) is 3.01. The molecule has 0 aliphatic heterocycles. The minimum Gasteiger partial charge on any atom is -0.495 e. The first-order valence-electron chi connectivity index (χ1n) is 8.49. The van der Waals surface area contributed by atoms with E-state index in [0.717, 1.165) is 12.8 Å². The fraction of sp³-hybridized carbons (Fsp3) is 0.316. The molecule has 0 heterocycles. The van der Waals surface area contributed by atoms with Crippen LogP contribution in [0.2, 0.25) is 0 Å². The maximum absolute atomic E-state index is 13.0. The molecule has 2 amide bonds. The minimum atomic E-state index is -0.486. The summed E-state index contributed by atoms with van der Waals surface area (Å²) in [6.07, 6.45) is 2.16. The number of nitrogens with one attached hydrogen (secondary N) is 1. The number of methoxy groups -OCH3 is 1. The third kappa shape index (κ3) is 3.77. The lowest BCUT2D eigenvalue weighted by atomic mass is 10.1. The summed E-state index contributed by atoms with van der Waals surface area (Å²) in [6.45, 7) is 2.01. The number of non-ortho nitro benzene ring substituents is 1. The molecule has 0 bridgehead atoms. The van der Waals surface area contributed by atoms with Crippen LogP contribution in [0.15, 0.2) is 48.5 Å². The van der Waals surface area contributed by atoms with Crippen molar-refractivity contribution in [3.8, 4) is 5.75 Å². The summed E-state index contributed by atoms with van der Waals surface area (Å²) in [5.41, 5.74) is 0.992. The van der Waals surface area contributed by atoms with E-state index < -0.39 is 4.92 Å². The summed E-state index contributed by atoms with van der Waals surface area (Å²) >= 11 is 0. The fourth-order valence-corrected chi connectivity index (χ4v) is 3.01. The van der Waals surface area contributed by atoms with Gasteiger partial charge in [-0.3, -0.25) is 15.0 Å². The Morgan fingerprint density at radius 3 is 2.65 bits per heavy atom. The minimum absolute atomic E-state index is 0.00926. The zero-order valence-electron chi connectivity index (χ0n) is 14.7. The average molecular weight is 355 g/mol. The van der Waals surface area contributed by atoms with Crippen LogP contribution in [0.5, 0.6) is 5.75 Å². The number of urea groups is 1. The second-order valence-electron chi connectivity index (χ2n) is 6.36. The third-order valence-electron chi connectivity index (χ3n) is 4.58. The molecule has 0 saturated heterocycles. The van der Waals surface area contributed by atoms with Crippen LogP contribution in [0.3, 0.4) is 0 Å². The number of para-hydroxylation sites is 2. The van der Waals surface area contributed by atoms with Crippen molar-refractivity contribution in [1.82, 2.24) is 0 Å². The molecule has 1 aliphatic carbocycles. The zero-order chi connectivity index (χ0) is 18.7. The SMILES string of the molecule is COc1ccccc1N(C(=O)Nc1cccc([N+](=O)[O-])c1)[C@@H](C)C1CC1. The van der Waals surface area contributed by atoms with Crippen LogP contribution in [0.25, 0.3) is 0 Å². The predicted octanol–water partition coefficient (Wildman–Crippen LogP) is 4.44. The number of carbonyl (C=O) groups is 1. The molecule has 136 valence electrons. The summed E-state index contributed by atoms with van der Waals surface area (Å²) in [4.78, 5) is 25.2. The summed E-state index contributed by atoms with van der Waals surface area (Å²) in [5.74, 6) is 1.05. The summed E-state index contributed by atoms with van der Waals surface area (Å²) < 4.78 is 5.42. The number of nitrogens with zero attached hydrogens (tertiary/aromatic N) is 2. The molecular formula is C19H21N3O4. The van der Waals surface area contributed by atoms with Crippen molar-refractivity contribution in [3.05, 3.63) is 58.6 Å². The van der Waals surface area contributed by atoms with Crippen LogP contribution < -0.4 is 15.0 Å². The molecule has 2 aromatic carbocycles. The van der Waals surface area contributed by atoms with Crippen LogP contribution in [0, 0.1) is 16.0 Å². The Kier molecular flexibility index (Phi) is 5.06. The topological polar surface area (TPSA) is 84.7 Å². The smallest absolute Gasteiger partial charge is 0.326 e. The number of benzene rings is 2. The van der Waals surface area contributed by atoms with Gasteiger partial charge in [-0.15, -0.1) is 0 Å². The van der Waals surface area contributed by atoms with Crippen molar-refractivity contribution in [2.45, 2.75) is 25.8 Å². The summed E-state index contributed by atoms with van der Waals surface area (Å²) in [7, 11) is 1.57. The van der Waals surface area contributed by atoms with Gasteiger partial charge >= 0.3 is 6.03 Å². The summed E-state index contributed by atoms with van der Waals surface area (Å²) in [5, 5.41) is 13.7. The predicted molar refractivity (Wildman–Crippen MR) is 99.8 cm³/mol. The molecule has 7 heteroatoms. The number of hydrogen-bond acceptors (Lipinski definition) is 4. The molecule has 26 heavy (non-hydrogen) atoms. The van der Waals surface area contributed by atoms with Gasteiger partial charge in [-0.25, -0.2) is 4.79 Å². The molecule has 7 nitrogen and oxygen atoms in total. The van der Waals surface area contributed by atoms with Crippen LogP contribution >= 0.6 is 0 Å². The highest BCUT2D eigenvalue weighted by Gasteiger charge is 2.36. The van der Waals surface area contributed by atoms with Crippen molar-refractivity contribution >= 4 is 23.1 Å². The number of rotatable bonds is 6. The number of ether oxygens (including phenoxy) is 1. The van der Waals surface area contributed by atoms with Crippen molar-refractivity contribution in [1.29, 1.82) is 0 Å². The van der Waals surface area contributed by atoms with Crippen molar-refractivity contribution in [2.24, 2.45) is 5.92 Å². The van der Waals surface area contributed by atoms with Gasteiger partial charge in [-0.05, 0) is 43.9 Å². The first-order chi connectivity index (χ1) is 12.5. The highest BCUT2D eigenvalue weighted by molar-refractivity contribution is 6.03. The number of nitro benzene ring substituents is 1. The molecule has 0 aromatic heterocycles. The molecule has 2 aromatic rings. The van der Waals surface area contributed by atoms with Gasteiger partial charge in [0.15, 0.2) is 0 Å². The molecule has 1 atom stereocenters. The Hall–Kier alpha value is -3.09. The molecule has 1 fully saturated rings. The van der Waals surface area contributed by atoms with Crippen LogP contribution in [-0.4, -0.2) is 24.1 Å². The van der Waals surface area contributed by atoms with Gasteiger partial charge in [0.1, 0.15) is 5.75 Å². The standard InChI is InChI=1S/C19H21N3O4/c1-13(14-10-11-14)21(17-8-3-4-9-18(17)26-2)19(23)20-15-6-5-7-16(12-15)22(24)25/h3-9,12-14H,10-11H2,1-2H3,(H,20,23)/t13-/m0/s1. The van der Waals surface area contributed by atoms with E-state index in [0.29, 0.717) is 23.0 Å². The number of carbonyl (C=O) groups excluding carboxylic acids is 1. The second-order valence-corrected chi connectivity index (χ2v) is 6.36. The van der Waals surface area contributed by atoms with Crippen LogP contribution in [0.4, 0.5) is 21.9 Å². The monoisotopic (exact) mass is 355 g/mol. The Balaban J connectivity index is 1.90. The van der Waals surface area contributed by atoms with Crippen molar-refractivity contribution in [3.63, 3.8) is 0 Å². The van der Waals surface area contributed by atoms with Crippen molar-refractivity contribution < 1.29 is 14.5 Å². The Morgan fingerprint density at radius 2 is 2.00 bits per heavy atom. The molecule has 1 N–H and O–H groups in total.